The second-order valence-corrected chi connectivity index (χ2v) is 2.29. The predicted octanol–water partition coefficient (Wildman–Crippen LogP) is 3.19. The molecule has 0 aliphatic rings. The zero-order chi connectivity index (χ0) is 7.82. The number of hydrogen-bond acceptors (Lipinski definition) is 1. The van der Waals surface area contributed by atoms with E-state index in [9.17, 15) is 0 Å². The third-order valence-electron chi connectivity index (χ3n) is 1.27. The van der Waals surface area contributed by atoms with Crippen molar-refractivity contribution in [2.24, 2.45) is 0 Å². The van der Waals surface area contributed by atoms with Crippen molar-refractivity contribution in [2.45, 2.75) is 33.1 Å². The molecule has 0 aromatic rings. The standard InChI is InChI=1S/C9H16O/c1-3-5-7-9(10)8-6-4-2/h3,5,7,10H,4,6,8H2,1-2H3/b5-3-,9-7+. The molecular formula is C9H16O. The van der Waals surface area contributed by atoms with Gasteiger partial charge < -0.3 is 5.11 Å². The van der Waals surface area contributed by atoms with Crippen LogP contribution in [0.1, 0.15) is 33.1 Å². The minimum atomic E-state index is 0.486. The summed E-state index contributed by atoms with van der Waals surface area (Å²) >= 11 is 0. The Bertz CT molecular complexity index is 123. The van der Waals surface area contributed by atoms with E-state index in [4.69, 9.17) is 5.11 Å². The second-order valence-electron chi connectivity index (χ2n) is 2.29. The monoisotopic (exact) mass is 140 g/mol. The van der Waals surface area contributed by atoms with Crippen LogP contribution in [-0.2, 0) is 0 Å². The molecule has 1 heteroatoms. The molecule has 0 saturated heterocycles. The van der Waals surface area contributed by atoms with Gasteiger partial charge in [0.05, 0.1) is 5.76 Å². The first kappa shape index (κ1) is 9.28. The fourth-order valence-corrected chi connectivity index (χ4v) is 0.649. The number of hydrogen-bond donors (Lipinski definition) is 1. The van der Waals surface area contributed by atoms with E-state index in [-0.39, 0.29) is 0 Å². The van der Waals surface area contributed by atoms with Gasteiger partial charge in [-0.2, -0.15) is 0 Å². The minimum Gasteiger partial charge on any atom is -0.512 e. The SMILES string of the molecule is C/C=C\C=C(\O)CCCC. The molecule has 1 N–H and O–H groups in total. The molecule has 0 amide bonds. The first-order chi connectivity index (χ1) is 4.81. The lowest BCUT2D eigenvalue weighted by molar-refractivity contribution is 0.383. The summed E-state index contributed by atoms with van der Waals surface area (Å²) in [7, 11) is 0. The number of aliphatic hydroxyl groups is 1. The summed E-state index contributed by atoms with van der Waals surface area (Å²) in [5.41, 5.74) is 0. The van der Waals surface area contributed by atoms with Crippen molar-refractivity contribution in [1.82, 2.24) is 0 Å². The Morgan fingerprint density at radius 3 is 2.70 bits per heavy atom. The predicted molar refractivity (Wildman–Crippen MR) is 45.1 cm³/mol. The molecule has 1 nitrogen and oxygen atoms in total. The van der Waals surface area contributed by atoms with Crippen LogP contribution >= 0.6 is 0 Å². The molecule has 0 aromatic carbocycles. The van der Waals surface area contributed by atoms with Crippen molar-refractivity contribution in [3.05, 3.63) is 24.0 Å². The minimum absolute atomic E-state index is 0.486. The van der Waals surface area contributed by atoms with E-state index < -0.39 is 0 Å². The summed E-state index contributed by atoms with van der Waals surface area (Å²) in [5.74, 6) is 0.486. The summed E-state index contributed by atoms with van der Waals surface area (Å²) in [6, 6.07) is 0. The second kappa shape index (κ2) is 6.40. The molecule has 0 rings (SSSR count). The summed E-state index contributed by atoms with van der Waals surface area (Å²) < 4.78 is 0. The highest BCUT2D eigenvalue weighted by molar-refractivity contribution is 5.05. The Kier molecular flexibility index (Phi) is 5.94. The van der Waals surface area contributed by atoms with E-state index >= 15 is 0 Å². The molecule has 0 atom stereocenters. The van der Waals surface area contributed by atoms with Crippen molar-refractivity contribution in [1.29, 1.82) is 0 Å². The lowest BCUT2D eigenvalue weighted by Crippen LogP contribution is -1.79. The molecule has 0 bridgehead atoms. The van der Waals surface area contributed by atoms with Crippen LogP contribution in [-0.4, -0.2) is 5.11 Å². The van der Waals surface area contributed by atoms with Crippen molar-refractivity contribution in [3.8, 4) is 0 Å². The molecule has 0 spiro atoms. The lowest BCUT2D eigenvalue weighted by Gasteiger charge is -1.94. The van der Waals surface area contributed by atoms with Crippen LogP contribution in [0.15, 0.2) is 24.0 Å². The first-order valence-corrected chi connectivity index (χ1v) is 3.82. The maximum Gasteiger partial charge on any atom is 0.0922 e. The average Bonchev–Trinajstić information content (AvgIpc) is 1.97. The van der Waals surface area contributed by atoms with Gasteiger partial charge in [-0.05, 0) is 19.4 Å². The van der Waals surface area contributed by atoms with E-state index in [0.29, 0.717) is 5.76 Å². The highest BCUT2D eigenvalue weighted by atomic mass is 16.3. The van der Waals surface area contributed by atoms with Gasteiger partial charge in [-0.25, -0.2) is 0 Å². The molecule has 0 fully saturated rings. The fraction of sp³-hybridized carbons (Fsp3) is 0.556. The molecule has 0 radical (unpaired) electrons. The van der Waals surface area contributed by atoms with E-state index in [1.807, 2.05) is 19.1 Å². The van der Waals surface area contributed by atoms with Crippen molar-refractivity contribution < 1.29 is 5.11 Å². The Morgan fingerprint density at radius 2 is 2.20 bits per heavy atom. The summed E-state index contributed by atoms with van der Waals surface area (Å²) in [5, 5.41) is 9.12. The van der Waals surface area contributed by atoms with Crippen molar-refractivity contribution in [3.63, 3.8) is 0 Å². The Balaban J connectivity index is 3.49. The zero-order valence-electron chi connectivity index (χ0n) is 6.80. The van der Waals surface area contributed by atoms with Crippen LogP contribution in [0.4, 0.5) is 0 Å². The van der Waals surface area contributed by atoms with Gasteiger partial charge in [0, 0.05) is 6.42 Å². The number of allylic oxidation sites excluding steroid dienone is 4. The van der Waals surface area contributed by atoms with Gasteiger partial charge >= 0.3 is 0 Å². The van der Waals surface area contributed by atoms with Gasteiger partial charge in [-0.1, -0.05) is 25.5 Å². The average molecular weight is 140 g/mol. The largest absolute Gasteiger partial charge is 0.512 e. The number of unbranched alkanes of at least 4 members (excludes halogenated alkanes) is 1. The van der Waals surface area contributed by atoms with Gasteiger partial charge in [0.15, 0.2) is 0 Å². The van der Waals surface area contributed by atoms with Gasteiger partial charge in [-0.3, -0.25) is 0 Å². The van der Waals surface area contributed by atoms with Crippen LogP contribution in [0.3, 0.4) is 0 Å². The topological polar surface area (TPSA) is 20.2 Å². The molecule has 0 aliphatic heterocycles. The van der Waals surface area contributed by atoms with E-state index in [2.05, 4.69) is 6.92 Å². The molecule has 10 heavy (non-hydrogen) atoms. The molecule has 0 heterocycles. The smallest absolute Gasteiger partial charge is 0.0922 e. The normalized spacial score (nSPS) is 12.8. The van der Waals surface area contributed by atoms with Crippen molar-refractivity contribution in [2.75, 3.05) is 0 Å². The number of rotatable bonds is 4. The summed E-state index contributed by atoms with van der Waals surface area (Å²) in [4.78, 5) is 0. The fourth-order valence-electron chi connectivity index (χ4n) is 0.649. The molecule has 0 aromatic heterocycles. The quantitative estimate of drug-likeness (QED) is 0.469. The maximum atomic E-state index is 9.12. The third-order valence-corrected chi connectivity index (χ3v) is 1.27. The molecule has 0 saturated carbocycles. The van der Waals surface area contributed by atoms with Crippen LogP contribution < -0.4 is 0 Å². The van der Waals surface area contributed by atoms with E-state index in [1.165, 1.54) is 0 Å². The Morgan fingerprint density at radius 1 is 1.50 bits per heavy atom. The van der Waals surface area contributed by atoms with E-state index in [0.717, 1.165) is 19.3 Å². The molecule has 0 aliphatic carbocycles. The van der Waals surface area contributed by atoms with Crippen LogP contribution in [0, 0.1) is 0 Å². The van der Waals surface area contributed by atoms with Gasteiger partial charge in [0.1, 0.15) is 0 Å². The van der Waals surface area contributed by atoms with Gasteiger partial charge in [0.2, 0.25) is 0 Å². The Hall–Kier alpha value is -0.720. The van der Waals surface area contributed by atoms with Crippen LogP contribution in [0.25, 0.3) is 0 Å². The highest BCUT2D eigenvalue weighted by Crippen LogP contribution is 2.02. The third kappa shape index (κ3) is 5.42. The van der Waals surface area contributed by atoms with E-state index in [1.54, 1.807) is 6.08 Å². The van der Waals surface area contributed by atoms with Crippen LogP contribution in [0.2, 0.25) is 0 Å². The van der Waals surface area contributed by atoms with Gasteiger partial charge in [-0.15, -0.1) is 0 Å². The Labute approximate surface area is 63.1 Å². The first-order valence-electron chi connectivity index (χ1n) is 3.82. The van der Waals surface area contributed by atoms with Crippen molar-refractivity contribution >= 4 is 0 Å². The highest BCUT2D eigenvalue weighted by Gasteiger charge is 1.88. The maximum absolute atomic E-state index is 9.12. The number of aliphatic hydroxyl groups excluding tert-OH is 1. The van der Waals surface area contributed by atoms with Gasteiger partial charge in [0.25, 0.3) is 0 Å². The zero-order valence-corrected chi connectivity index (χ0v) is 6.80. The summed E-state index contributed by atoms with van der Waals surface area (Å²) in [6.07, 6.45) is 8.51. The summed E-state index contributed by atoms with van der Waals surface area (Å²) in [6.45, 7) is 4.05. The molecular weight excluding hydrogens is 124 g/mol. The van der Waals surface area contributed by atoms with Crippen LogP contribution in [0.5, 0.6) is 0 Å². The molecule has 0 unspecified atom stereocenters. The lowest BCUT2D eigenvalue weighted by atomic mass is 10.2. The molecule has 58 valence electrons.